The predicted octanol–water partition coefficient (Wildman–Crippen LogP) is -1.43. The molecule has 4 atom stereocenters. The van der Waals surface area contributed by atoms with Crippen molar-refractivity contribution in [3.8, 4) is 0 Å². The number of aliphatic hydroxyl groups is 1. The topological polar surface area (TPSA) is 144 Å². The van der Waals surface area contributed by atoms with Crippen LogP contribution in [-0.2, 0) is 14.3 Å². The molecule has 114 valence electrons. The minimum Gasteiger partial charge on any atom is -0.387 e. The van der Waals surface area contributed by atoms with E-state index in [1.807, 2.05) is 0 Å². The van der Waals surface area contributed by atoms with Crippen LogP contribution in [-0.4, -0.2) is 56.7 Å². The van der Waals surface area contributed by atoms with E-state index in [0.717, 1.165) is 0 Å². The number of nitrogens with two attached hydrogens (primary N) is 2. The molecule has 0 spiro atoms. The second-order valence-electron chi connectivity index (χ2n) is 4.67. The van der Waals surface area contributed by atoms with Crippen molar-refractivity contribution < 1.29 is 19.4 Å². The third kappa shape index (κ3) is 2.22. The first-order chi connectivity index (χ1) is 10.2. The van der Waals surface area contributed by atoms with Gasteiger partial charge in [-0.05, 0) is 0 Å². The van der Waals surface area contributed by atoms with Crippen LogP contribution in [0.3, 0.4) is 0 Å². The quantitative estimate of drug-likeness (QED) is 0.578. The number of rotatable bonds is 4. The van der Waals surface area contributed by atoms with E-state index in [4.69, 9.17) is 21.1 Å². The zero-order valence-electron chi connectivity index (χ0n) is 11.3. The van der Waals surface area contributed by atoms with Gasteiger partial charge >= 0.3 is 0 Å². The second-order valence-corrected chi connectivity index (χ2v) is 4.67. The molecular formula is C11H16N6O4. The number of aliphatic hydroxyl groups excluding tert-OH is 1. The highest BCUT2D eigenvalue weighted by atomic mass is 16.6. The predicted molar refractivity (Wildman–Crippen MR) is 70.6 cm³/mol. The summed E-state index contributed by atoms with van der Waals surface area (Å²) in [7, 11) is 1.48. The van der Waals surface area contributed by atoms with Gasteiger partial charge < -0.3 is 25.2 Å². The molecule has 3 heterocycles. The maximum Gasteiger partial charge on any atom is 0.167 e. The van der Waals surface area contributed by atoms with Crippen molar-refractivity contribution in [3.63, 3.8) is 0 Å². The molecule has 0 aliphatic carbocycles. The fourth-order valence-electron chi connectivity index (χ4n) is 2.49. The molecule has 0 saturated carbocycles. The number of nitrogens with zero attached hydrogens (tertiary/aromatic N) is 4. The molecule has 10 nitrogen and oxygen atoms in total. The van der Waals surface area contributed by atoms with Gasteiger partial charge in [0, 0.05) is 7.11 Å². The average Bonchev–Trinajstić information content (AvgIpc) is 3.02. The molecule has 0 bridgehead atoms. The molecule has 10 heteroatoms. The first-order valence-electron chi connectivity index (χ1n) is 6.28. The monoisotopic (exact) mass is 296 g/mol. The van der Waals surface area contributed by atoms with Crippen molar-refractivity contribution in [2.45, 2.75) is 24.5 Å². The summed E-state index contributed by atoms with van der Waals surface area (Å²) in [6.45, 7) is 0.0429. The molecule has 1 aliphatic rings. The van der Waals surface area contributed by atoms with E-state index in [9.17, 15) is 5.11 Å². The largest absolute Gasteiger partial charge is 0.387 e. The van der Waals surface area contributed by atoms with Crippen LogP contribution in [0.15, 0.2) is 12.7 Å². The summed E-state index contributed by atoms with van der Waals surface area (Å²) in [5, 5.41) is 10.2. The number of fused-ring (bicyclic) bond motifs is 1. The Morgan fingerprint density at radius 2 is 2.24 bits per heavy atom. The SMILES string of the molecule is CO[C@@H]1[C@H](O)[C@@H](CON)O[C@H]1n1cnc2c(N)ncnc21. The number of hydrogen-bond acceptors (Lipinski definition) is 9. The Kier molecular flexibility index (Phi) is 3.69. The summed E-state index contributed by atoms with van der Waals surface area (Å²) in [5.41, 5.74) is 6.71. The number of methoxy groups -OCH3 is 1. The van der Waals surface area contributed by atoms with E-state index in [2.05, 4.69) is 19.8 Å². The third-order valence-corrected chi connectivity index (χ3v) is 3.51. The Hall–Kier alpha value is -1.85. The van der Waals surface area contributed by atoms with E-state index in [1.165, 1.54) is 19.8 Å². The van der Waals surface area contributed by atoms with Gasteiger partial charge in [-0.25, -0.2) is 20.8 Å². The lowest BCUT2D eigenvalue weighted by atomic mass is 10.1. The molecule has 1 fully saturated rings. The molecular weight excluding hydrogens is 280 g/mol. The Morgan fingerprint density at radius 1 is 1.43 bits per heavy atom. The lowest BCUT2D eigenvalue weighted by molar-refractivity contribution is -0.0692. The third-order valence-electron chi connectivity index (χ3n) is 3.51. The van der Waals surface area contributed by atoms with E-state index in [-0.39, 0.29) is 12.4 Å². The maximum atomic E-state index is 10.2. The van der Waals surface area contributed by atoms with Gasteiger partial charge in [-0.15, -0.1) is 0 Å². The number of hydrogen-bond donors (Lipinski definition) is 3. The number of imidazole rings is 1. The molecule has 2 aromatic heterocycles. The van der Waals surface area contributed by atoms with E-state index >= 15 is 0 Å². The van der Waals surface area contributed by atoms with Gasteiger partial charge in [0.15, 0.2) is 17.7 Å². The van der Waals surface area contributed by atoms with Crippen LogP contribution in [0.2, 0.25) is 0 Å². The van der Waals surface area contributed by atoms with E-state index < -0.39 is 24.5 Å². The van der Waals surface area contributed by atoms with Crippen LogP contribution < -0.4 is 11.6 Å². The first kappa shape index (κ1) is 14.1. The Balaban J connectivity index is 1.99. The minimum absolute atomic E-state index is 0.0429. The Labute approximate surface area is 119 Å². The summed E-state index contributed by atoms with van der Waals surface area (Å²) in [5.74, 6) is 5.32. The Morgan fingerprint density at radius 3 is 2.95 bits per heavy atom. The summed E-state index contributed by atoms with van der Waals surface area (Å²) in [6.07, 6.45) is 0.124. The molecule has 0 unspecified atom stereocenters. The summed E-state index contributed by atoms with van der Waals surface area (Å²) < 4.78 is 12.7. The lowest BCUT2D eigenvalue weighted by Crippen LogP contribution is -2.35. The van der Waals surface area contributed by atoms with Crippen LogP contribution in [0, 0.1) is 0 Å². The van der Waals surface area contributed by atoms with Gasteiger partial charge in [0.25, 0.3) is 0 Å². The van der Waals surface area contributed by atoms with Gasteiger partial charge in [0.2, 0.25) is 0 Å². The van der Waals surface area contributed by atoms with Crippen LogP contribution >= 0.6 is 0 Å². The Bertz CT molecular complexity index is 634. The standard InChI is InChI=1S/C11H16N6O4/c1-19-8-7(18)5(2-20-13)21-11(8)17-4-16-6-9(12)14-3-15-10(6)17/h3-5,7-8,11,18H,2,13H2,1H3,(H2,12,14,15)/t5-,7-,8-,11-/m1/s1. The highest BCUT2D eigenvalue weighted by molar-refractivity contribution is 5.81. The number of nitrogen functional groups attached to an aromatic ring is 1. The van der Waals surface area contributed by atoms with Crippen LogP contribution in [0.1, 0.15) is 6.23 Å². The van der Waals surface area contributed by atoms with Gasteiger partial charge in [-0.3, -0.25) is 4.57 Å². The molecule has 0 amide bonds. The second kappa shape index (κ2) is 5.50. The first-order valence-corrected chi connectivity index (χ1v) is 6.28. The number of aromatic nitrogens is 4. The molecule has 2 aromatic rings. The molecule has 1 saturated heterocycles. The highest BCUT2D eigenvalue weighted by Gasteiger charge is 2.45. The molecule has 0 aromatic carbocycles. The van der Waals surface area contributed by atoms with Gasteiger partial charge in [0.1, 0.15) is 30.2 Å². The fraction of sp³-hybridized carbons (Fsp3) is 0.545. The number of ether oxygens (including phenoxy) is 2. The molecule has 0 radical (unpaired) electrons. The van der Waals surface area contributed by atoms with Crippen LogP contribution in [0.5, 0.6) is 0 Å². The minimum atomic E-state index is -0.889. The normalized spacial score (nSPS) is 29.3. The van der Waals surface area contributed by atoms with Crippen molar-refractivity contribution in [1.29, 1.82) is 0 Å². The van der Waals surface area contributed by atoms with Gasteiger partial charge in [-0.1, -0.05) is 0 Å². The van der Waals surface area contributed by atoms with E-state index in [0.29, 0.717) is 11.2 Å². The van der Waals surface area contributed by atoms with Crippen molar-refractivity contribution in [3.05, 3.63) is 12.7 Å². The van der Waals surface area contributed by atoms with Crippen molar-refractivity contribution >= 4 is 17.0 Å². The molecule has 1 aliphatic heterocycles. The van der Waals surface area contributed by atoms with Crippen molar-refractivity contribution in [2.24, 2.45) is 5.90 Å². The van der Waals surface area contributed by atoms with E-state index in [1.54, 1.807) is 4.57 Å². The smallest absolute Gasteiger partial charge is 0.167 e. The van der Waals surface area contributed by atoms with Gasteiger partial charge in [-0.2, -0.15) is 0 Å². The number of anilines is 1. The molecule has 3 rings (SSSR count). The summed E-state index contributed by atoms with van der Waals surface area (Å²) in [6, 6.07) is 0. The van der Waals surface area contributed by atoms with Gasteiger partial charge in [0.05, 0.1) is 12.9 Å². The lowest BCUT2D eigenvalue weighted by Gasteiger charge is -2.19. The highest BCUT2D eigenvalue weighted by Crippen LogP contribution is 2.33. The molecule has 5 N–H and O–H groups in total. The van der Waals surface area contributed by atoms with Crippen LogP contribution in [0.4, 0.5) is 5.82 Å². The van der Waals surface area contributed by atoms with Crippen molar-refractivity contribution in [2.75, 3.05) is 19.5 Å². The summed E-state index contributed by atoms with van der Waals surface area (Å²) >= 11 is 0. The maximum absolute atomic E-state index is 10.2. The van der Waals surface area contributed by atoms with Crippen molar-refractivity contribution in [1.82, 2.24) is 19.5 Å². The zero-order chi connectivity index (χ0) is 15.0. The zero-order valence-corrected chi connectivity index (χ0v) is 11.3. The van der Waals surface area contributed by atoms with Crippen LogP contribution in [0.25, 0.3) is 11.2 Å². The summed E-state index contributed by atoms with van der Waals surface area (Å²) in [4.78, 5) is 16.7. The molecule has 21 heavy (non-hydrogen) atoms. The average molecular weight is 296 g/mol. The fourth-order valence-corrected chi connectivity index (χ4v) is 2.49.